The molecule has 1 rings (SSSR count). The molecule has 6 heteroatoms. The van der Waals surface area contributed by atoms with E-state index in [4.69, 9.17) is 15.2 Å². The summed E-state index contributed by atoms with van der Waals surface area (Å²) in [4.78, 5) is 15.1. The number of hydrogen-bond acceptors (Lipinski definition) is 5. The molecule has 3 N–H and O–H groups in total. The van der Waals surface area contributed by atoms with Crippen LogP contribution in [-0.4, -0.2) is 37.9 Å². The van der Waals surface area contributed by atoms with Crippen molar-refractivity contribution in [1.29, 1.82) is 0 Å². The van der Waals surface area contributed by atoms with E-state index < -0.39 is 12.2 Å². The Kier molecular flexibility index (Phi) is 4.68. The molecule has 0 fully saturated rings. The van der Waals surface area contributed by atoms with Crippen LogP contribution in [0.15, 0.2) is 18.3 Å². The zero-order valence-electron chi connectivity index (χ0n) is 9.27. The van der Waals surface area contributed by atoms with Crippen LogP contribution in [0.5, 0.6) is 0 Å². The molecule has 0 aromatic carbocycles. The van der Waals surface area contributed by atoms with Gasteiger partial charge in [-0.1, -0.05) is 0 Å². The number of nitrogens with zero attached hydrogens (tertiary/aromatic N) is 1. The van der Waals surface area contributed by atoms with E-state index in [0.717, 1.165) is 0 Å². The van der Waals surface area contributed by atoms with Crippen LogP contribution >= 0.6 is 0 Å². The standard InChI is InChI=1S/C10H15N3O3/c1-15-8(16-2)6-13-10-7(9(11)14)4-3-5-12-10/h3-5,8H,6H2,1-2H3,(H2,11,14)(H,12,13). The predicted octanol–water partition coefficient (Wildman–Crippen LogP) is 0.211. The van der Waals surface area contributed by atoms with E-state index in [1.165, 1.54) is 14.2 Å². The van der Waals surface area contributed by atoms with Gasteiger partial charge in [-0.25, -0.2) is 4.98 Å². The first-order valence-corrected chi connectivity index (χ1v) is 4.73. The Morgan fingerprint density at radius 2 is 2.25 bits per heavy atom. The molecule has 6 nitrogen and oxygen atoms in total. The van der Waals surface area contributed by atoms with Gasteiger partial charge in [0.25, 0.3) is 5.91 Å². The Hall–Kier alpha value is -1.66. The lowest BCUT2D eigenvalue weighted by molar-refractivity contribution is -0.0914. The molecule has 0 atom stereocenters. The molecule has 1 aromatic rings. The Morgan fingerprint density at radius 3 is 2.81 bits per heavy atom. The van der Waals surface area contributed by atoms with Crippen LogP contribution < -0.4 is 11.1 Å². The largest absolute Gasteiger partial charge is 0.365 e. The van der Waals surface area contributed by atoms with Crippen molar-refractivity contribution in [2.45, 2.75) is 6.29 Å². The van der Waals surface area contributed by atoms with Crippen molar-refractivity contribution in [3.8, 4) is 0 Å². The van der Waals surface area contributed by atoms with Crippen LogP contribution in [0, 0.1) is 0 Å². The monoisotopic (exact) mass is 225 g/mol. The van der Waals surface area contributed by atoms with E-state index in [2.05, 4.69) is 10.3 Å². The molecule has 0 saturated heterocycles. The topological polar surface area (TPSA) is 86.5 Å². The van der Waals surface area contributed by atoms with Crippen molar-refractivity contribution >= 4 is 11.7 Å². The summed E-state index contributed by atoms with van der Waals surface area (Å²) < 4.78 is 9.99. The normalized spacial score (nSPS) is 10.4. The van der Waals surface area contributed by atoms with Gasteiger partial charge in [0.2, 0.25) is 0 Å². The summed E-state index contributed by atoms with van der Waals surface area (Å²) in [6.07, 6.45) is 1.17. The Morgan fingerprint density at radius 1 is 1.56 bits per heavy atom. The highest BCUT2D eigenvalue weighted by Crippen LogP contribution is 2.10. The lowest BCUT2D eigenvalue weighted by Crippen LogP contribution is -2.25. The van der Waals surface area contributed by atoms with Gasteiger partial charge in [-0.05, 0) is 12.1 Å². The highest BCUT2D eigenvalue weighted by molar-refractivity contribution is 5.97. The summed E-state index contributed by atoms with van der Waals surface area (Å²) in [7, 11) is 3.06. The number of nitrogens with two attached hydrogens (primary N) is 1. The molecule has 0 aliphatic carbocycles. The quantitative estimate of drug-likeness (QED) is 0.676. The average Bonchev–Trinajstić information content (AvgIpc) is 2.30. The second kappa shape index (κ2) is 6.04. The molecule has 0 aliphatic heterocycles. The predicted molar refractivity (Wildman–Crippen MR) is 59.1 cm³/mol. The van der Waals surface area contributed by atoms with Crippen molar-refractivity contribution in [3.63, 3.8) is 0 Å². The Balaban J connectivity index is 2.69. The number of amides is 1. The fraction of sp³-hybridized carbons (Fsp3) is 0.400. The number of nitrogens with one attached hydrogen (secondary N) is 1. The second-order valence-electron chi connectivity index (χ2n) is 3.05. The minimum absolute atomic E-state index is 0.341. The number of methoxy groups -OCH3 is 2. The van der Waals surface area contributed by atoms with Gasteiger partial charge in [0, 0.05) is 20.4 Å². The number of hydrogen-bond donors (Lipinski definition) is 2. The second-order valence-corrected chi connectivity index (χ2v) is 3.05. The van der Waals surface area contributed by atoms with Gasteiger partial charge in [0.05, 0.1) is 12.1 Å². The first-order chi connectivity index (χ1) is 7.69. The molecule has 0 radical (unpaired) electrons. The maximum absolute atomic E-state index is 11.1. The van der Waals surface area contributed by atoms with E-state index >= 15 is 0 Å². The number of aromatic nitrogens is 1. The van der Waals surface area contributed by atoms with Crippen LogP contribution in [0.3, 0.4) is 0 Å². The zero-order chi connectivity index (χ0) is 12.0. The third-order valence-corrected chi connectivity index (χ3v) is 2.04. The zero-order valence-corrected chi connectivity index (χ0v) is 9.27. The molecule has 1 heterocycles. The van der Waals surface area contributed by atoms with Crippen molar-refractivity contribution < 1.29 is 14.3 Å². The van der Waals surface area contributed by atoms with Crippen molar-refractivity contribution in [3.05, 3.63) is 23.9 Å². The summed E-state index contributed by atoms with van der Waals surface area (Å²) in [5.74, 6) is -0.101. The Labute approximate surface area is 93.8 Å². The van der Waals surface area contributed by atoms with Crippen LogP contribution in [0.2, 0.25) is 0 Å². The highest BCUT2D eigenvalue weighted by Gasteiger charge is 2.10. The molecule has 1 amide bonds. The number of carbonyl (C=O) groups is 1. The lowest BCUT2D eigenvalue weighted by atomic mass is 10.2. The summed E-state index contributed by atoms with van der Waals surface area (Å²) in [6, 6.07) is 3.25. The van der Waals surface area contributed by atoms with Crippen LogP contribution in [0.1, 0.15) is 10.4 Å². The minimum Gasteiger partial charge on any atom is -0.365 e. The van der Waals surface area contributed by atoms with E-state index in [9.17, 15) is 4.79 Å². The van der Waals surface area contributed by atoms with Gasteiger partial charge < -0.3 is 20.5 Å². The summed E-state index contributed by atoms with van der Waals surface area (Å²) in [5, 5.41) is 2.93. The number of ether oxygens (including phenoxy) is 2. The number of carbonyl (C=O) groups excluding carboxylic acids is 1. The molecular weight excluding hydrogens is 210 g/mol. The van der Waals surface area contributed by atoms with E-state index in [1.807, 2.05) is 0 Å². The maximum atomic E-state index is 11.1. The van der Waals surface area contributed by atoms with Crippen LogP contribution in [0.4, 0.5) is 5.82 Å². The molecular formula is C10H15N3O3. The van der Waals surface area contributed by atoms with Crippen molar-refractivity contribution in [2.75, 3.05) is 26.1 Å². The maximum Gasteiger partial charge on any atom is 0.252 e. The van der Waals surface area contributed by atoms with Crippen LogP contribution in [-0.2, 0) is 9.47 Å². The van der Waals surface area contributed by atoms with Crippen LogP contribution in [0.25, 0.3) is 0 Å². The molecule has 0 spiro atoms. The fourth-order valence-electron chi connectivity index (χ4n) is 1.19. The molecule has 0 unspecified atom stereocenters. The van der Waals surface area contributed by atoms with Gasteiger partial charge in [-0.3, -0.25) is 4.79 Å². The molecule has 1 aromatic heterocycles. The lowest BCUT2D eigenvalue weighted by Gasteiger charge is -2.15. The SMILES string of the molecule is COC(CNc1ncccc1C(N)=O)OC. The minimum atomic E-state index is -0.526. The van der Waals surface area contributed by atoms with Gasteiger partial charge in [-0.15, -0.1) is 0 Å². The Bertz CT molecular complexity index is 353. The molecule has 0 bridgehead atoms. The summed E-state index contributed by atoms with van der Waals surface area (Å²) in [6.45, 7) is 0.379. The van der Waals surface area contributed by atoms with Gasteiger partial charge in [-0.2, -0.15) is 0 Å². The summed E-state index contributed by atoms with van der Waals surface area (Å²) >= 11 is 0. The van der Waals surface area contributed by atoms with E-state index in [-0.39, 0.29) is 0 Å². The van der Waals surface area contributed by atoms with Gasteiger partial charge in [0.1, 0.15) is 5.82 Å². The molecule has 0 aliphatic rings. The molecule has 88 valence electrons. The number of rotatable bonds is 6. The first kappa shape index (κ1) is 12.4. The third-order valence-electron chi connectivity index (χ3n) is 2.04. The number of primary amides is 1. The molecule has 0 saturated carbocycles. The number of anilines is 1. The van der Waals surface area contributed by atoms with E-state index in [1.54, 1.807) is 18.3 Å². The van der Waals surface area contributed by atoms with E-state index in [0.29, 0.717) is 17.9 Å². The fourth-order valence-corrected chi connectivity index (χ4v) is 1.19. The van der Waals surface area contributed by atoms with Gasteiger partial charge in [0.15, 0.2) is 6.29 Å². The summed E-state index contributed by atoms with van der Waals surface area (Å²) in [5.41, 5.74) is 5.55. The number of pyridine rings is 1. The third kappa shape index (κ3) is 3.18. The van der Waals surface area contributed by atoms with Crippen molar-refractivity contribution in [2.24, 2.45) is 5.73 Å². The highest BCUT2D eigenvalue weighted by atomic mass is 16.7. The molecule has 16 heavy (non-hydrogen) atoms. The first-order valence-electron chi connectivity index (χ1n) is 4.73. The average molecular weight is 225 g/mol. The van der Waals surface area contributed by atoms with Crippen molar-refractivity contribution in [1.82, 2.24) is 4.98 Å². The van der Waals surface area contributed by atoms with Gasteiger partial charge >= 0.3 is 0 Å². The smallest absolute Gasteiger partial charge is 0.252 e.